The number of carbonyl (C=O) groups excluding carboxylic acids is 1. The normalized spacial score (nSPS) is 22.3. The molecule has 0 radical (unpaired) electrons. The van der Waals surface area contributed by atoms with Gasteiger partial charge in [-0.3, -0.25) is 14.5 Å². The van der Waals surface area contributed by atoms with Crippen LogP contribution >= 0.6 is 11.8 Å². The Bertz CT molecular complexity index is 1410. The van der Waals surface area contributed by atoms with Gasteiger partial charge < -0.3 is 24.3 Å². The number of fused-ring (bicyclic) bond motifs is 1. The van der Waals surface area contributed by atoms with Crippen molar-refractivity contribution in [2.24, 2.45) is 0 Å². The maximum atomic E-state index is 13.5. The lowest BCUT2D eigenvalue weighted by Crippen LogP contribution is -2.63. The van der Waals surface area contributed by atoms with E-state index in [1.54, 1.807) is 4.90 Å². The van der Waals surface area contributed by atoms with Crippen molar-refractivity contribution in [2.45, 2.75) is 56.5 Å². The molecule has 2 aromatic heterocycles. The Hall–Kier alpha value is -2.73. The number of alkyl halides is 2. The SMILES string of the molecule is CSc1cc(C)[nH]c(=O)c1CNC(=O)c1c(C)n([C@H](C)C2OCC(N3CC(F)(F)C3)CO2)c2ccccc12. The maximum absolute atomic E-state index is 13.5. The van der Waals surface area contributed by atoms with Crippen molar-refractivity contribution in [1.29, 1.82) is 0 Å². The fourth-order valence-electron chi connectivity index (χ4n) is 5.42. The van der Waals surface area contributed by atoms with Crippen LogP contribution in [0.15, 0.2) is 40.0 Å². The Kier molecular flexibility index (Phi) is 7.38. The van der Waals surface area contributed by atoms with Crippen molar-refractivity contribution < 1.29 is 23.0 Å². The Balaban J connectivity index is 1.35. The number of hydrogen-bond donors (Lipinski definition) is 2. The number of aromatic nitrogens is 2. The Morgan fingerprint density at radius 3 is 2.58 bits per heavy atom. The molecular weight excluding hydrogens is 514 g/mol. The second-order valence-electron chi connectivity index (χ2n) is 10.0. The number of likely N-dealkylation sites (tertiary alicyclic amines) is 1. The van der Waals surface area contributed by atoms with E-state index in [1.807, 2.05) is 61.9 Å². The highest BCUT2D eigenvalue weighted by Crippen LogP contribution is 2.34. The van der Waals surface area contributed by atoms with E-state index < -0.39 is 12.2 Å². The van der Waals surface area contributed by atoms with Gasteiger partial charge in [-0.05, 0) is 39.2 Å². The van der Waals surface area contributed by atoms with E-state index in [9.17, 15) is 18.4 Å². The van der Waals surface area contributed by atoms with E-state index in [2.05, 4.69) is 10.3 Å². The molecule has 2 saturated heterocycles. The highest BCUT2D eigenvalue weighted by atomic mass is 32.2. The number of hydrogen-bond acceptors (Lipinski definition) is 6. The summed E-state index contributed by atoms with van der Waals surface area (Å²) in [6.45, 7) is 5.84. The van der Waals surface area contributed by atoms with Crippen LogP contribution in [-0.2, 0) is 16.0 Å². The van der Waals surface area contributed by atoms with Gasteiger partial charge in [-0.15, -0.1) is 11.8 Å². The smallest absolute Gasteiger partial charge is 0.272 e. The molecule has 0 spiro atoms. The first kappa shape index (κ1) is 26.9. The van der Waals surface area contributed by atoms with E-state index in [0.29, 0.717) is 24.3 Å². The van der Waals surface area contributed by atoms with Crippen LogP contribution < -0.4 is 10.9 Å². The number of amides is 1. The number of aromatic amines is 1. The number of ether oxygens (including phenoxy) is 2. The van der Waals surface area contributed by atoms with Crippen molar-refractivity contribution >= 4 is 28.6 Å². The zero-order chi connectivity index (χ0) is 27.2. The molecule has 1 atom stereocenters. The minimum Gasteiger partial charge on any atom is -0.349 e. The lowest BCUT2D eigenvalue weighted by molar-refractivity contribution is -0.244. The number of benzene rings is 1. The monoisotopic (exact) mass is 546 g/mol. The Labute approximate surface area is 223 Å². The van der Waals surface area contributed by atoms with Gasteiger partial charge in [0.2, 0.25) is 0 Å². The summed E-state index contributed by atoms with van der Waals surface area (Å²) >= 11 is 1.46. The molecular formula is C27H32F2N4O4S. The zero-order valence-corrected chi connectivity index (χ0v) is 22.7. The second kappa shape index (κ2) is 10.4. The fraction of sp³-hybridized carbons (Fsp3) is 0.481. The molecule has 3 aromatic rings. The molecule has 4 heterocycles. The third-order valence-electron chi connectivity index (χ3n) is 7.35. The van der Waals surface area contributed by atoms with E-state index >= 15 is 0 Å². The van der Waals surface area contributed by atoms with Crippen molar-refractivity contribution in [3.63, 3.8) is 0 Å². The van der Waals surface area contributed by atoms with Crippen molar-refractivity contribution in [3.8, 4) is 0 Å². The van der Waals surface area contributed by atoms with Crippen molar-refractivity contribution in [1.82, 2.24) is 19.8 Å². The molecule has 1 amide bonds. The minimum atomic E-state index is -2.63. The maximum Gasteiger partial charge on any atom is 0.272 e. The number of nitrogens with one attached hydrogen (secondary N) is 2. The van der Waals surface area contributed by atoms with Gasteiger partial charge in [0.1, 0.15) is 0 Å². The number of aryl methyl sites for hydroxylation is 1. The summed E-state index contributed by atoms with van der Waals surface area (Å²) in [6, 6.07) is 9.06. The van der Waals surface area contributed by atoms with Crippen LogP contribution in [0.2, 0.25) is 0 Å². The fourth-order valence-corrected chi connectivity index (χ4v) is 6.13. The molecule has 8 nitrogen and oxygen atoms in total. The van der Waals surface area contributed by atoms with Crippen LogP contribution in [0, 0.1) is 13.8 Å². The largest absolute Gasteiger partial charge is 0.349 e. The van der Waals surface area contributed by atoms with Gasteiger partial charge >= 0.3 is 0 Å². The quantitative estimate of drug-likeness (QED) is 0.438. The summed E-state index contributed by atoms with van der Waals surface area (Å²) in [6.07, 6.45) is 1.31. The Morgan fingerprint density at radius 2 is 1.92 bits per heavy atom. The molecule has 2 fully saturated rings. The third kappa shape index (κ3) is 5.00. The summed E-state index contributed by atoms with van der Waals surface area (Å²) in [5, 5.41) is 3.72. The van der Waals surface area contributed by atoms with Crippen LogP contribution in [0.25, 0.3) is 10.9 Å². The molecule has 5 rings (SSSR count). The number of rotatable bonds is 7. The van der Waals surface area contributed by atoms with E-state index in [0.717, 1.165) is 27.2 Å². The van der Waals surface area contributed by atoms with Gasteiger partial charge in [0, 0.05) is 39.3 Å². The highest BCUT2D eigenvalue weighted by molar-refractivity contribution is 7.98. The third-order valence-corrected chi connectivity index (χ3v) is 8.15. The summed E-state index contributed by atoms with van der Waals surface area (Å²) in [4.78, 5) is 31.3. The first-order valence-electron chi connectivity index (χ1n) is 12.6. The van der Waals surface area contributed by atoms with Gasteiger partial charge in [-0.25, -0.2) is 8.78 Å². The van der Waals surface area contributed by atoms with Gasteiger partial charge in [0.05, 0.1) is 44.0 Å². The van der Waals surface area contributed by atoms with Gasteiger partial charge in [-0.1, -0.05) is 18.2 Å². The second-order valence-corrected chi connectivity index (χ2v) is 10.9. The first-order valence-corrected chi connectivity index (χ1v) is 13.8. The topological polar surface area (TPSA) is 88.6 Å². The molecule has 1 aromatic carbocycles. The van der Waals surface area contributed by atoms with E-state index in [1.165, 1.54) is 11.8 Å². The molecule has 0 bridgehead atoms. The summed E-state index contributed by atoms with van der Waals surface area (Å²) in [7, 11) is 0. The van der Waals surface area contributed by atoms with E-state index in [-0.39, 0.29) is 43.2 Å². The average molecular weight is 547 g/mol. The summed E-state index contributed by atoms with van der Waals surface area (Å²) in [5.41, 5.74) is 3.20. The molecule has 2 N–H and O–H groups in total. The van der Waals surface area contributed by atoms with E-state index in [4.69, 9.17) is 9.47 Å². The minimum absolute atomic E-state index is 0.102. The number of nitrogens with zero attached hydrogens (tertiary/aromatic N) is 2. The van der Waals surface area contributed by atoms with Crippen LogP contribution in [-0.4, -0.2) is 71.2 Å². The molecule has 2 aliphatic rings. The number of halogens is 2. The first-order chi connectivity index (χ1) is 18.1. The molecule has 11 heteroatoms. The predicted molar refractivity (Wildman–Crippen MR) is 142 cm³/mol. The molecule has 2 aliphatic heterocycles. The molecule has 0 aliphatic carbocycles. The van der Waals surface area contributed by atoms with Crippen molar-refractivity contribution in [3.05, 3.63) is 63.2 Å². The van der Waals surface area contributed by atoms with Gasteiger partial charge in [0.15, 0.2) is 6.29 Å². The van der Waals surface area contributed by atoms with Crippen LogP contribution in [0.5, 0.6) is 0 Å². The predicted octanol–water partition coefficient (Wildman–Crippen LogP) is 3.85. The van der Waals surface area contributed by atoms with Crippen LogP contribution in [0.3, 0.4) is 0 Å². The van der Waals surface area contributed by atoms with Gasteiger partial charge in [-0.2, -0.15) is 0 Å². The Morgan fingerprint density at radius 1 is 1.24 bits per heavy atom. The van der Waals surface area contributed by atoms with Crippen LogP contribution in [0.4, 0.5) is 8.78 Å². The standard InChI is InChI=1S/C27H32F2N4O4S/c1-15-9-22(38-4)20(24(34)31-15)10-30-25(35)23-16(2)33(21-8-6-5-7-19(21)23)17(3)26-36-11-18(12-37-26)32-13-27(28,29)14-32/h5-9,17-18,26H,10-14H2,1-4H3,(H,30,35)(H,31,34)/t17-,18?,26?/m1/s1. The number of pyridine rings is 1. The molecule has 38 heavy (non-hydrogen) atoms. The lowest BCUT2D eigenvalue weighted by Gasteiger charge is -2.46. The summed E-state index contributed by atoms with van der Waals surface area (Å²) in [5.74, 6) is -2.91. The molecule has 0 unspecified atom stereocenters. The van der Waals surface area contributed by atoms with Crippen molar-refractivity contribution in [2.75, 3.05) is 32.6 Å². The molecule has 204 valence electrons. The van der Waals surface area contributed by atoms with Gasteiger partial charge in [0.25, 0.3) is 17.4 Å². The average Bonchev–Trinajstić information content (AvgIpc) is 3.17. The van der Waals surface area contributed by atoms with Crippen LogP contribution in [0.1, 0.15) is 40.3 Å². The number of para-hydroxylation sites is 1. The lowest BCUT2D eigenvalue weighted by atomic mass is 10.1. The molecule has 0 saturated carbocycles. The summed E-state index contributed by atoms with van der Waals surface area (Å²) < 4.78 is 40.6. The highest BCUT2D eigenvalue weighted by Gasteiger charge is 2.48. The number of H-pyrrole nitrogens is 1. The zero-order valence-electron chi connectivity index (χ0n) is 21.8. The number of thioether (sulfide) groups is 1. The number of carbonyl (C=O) groups is 1.